The highest BCUT2D eigenvalue weighted by atomic mass is 32.2. The Balaban J connectivity index is 2.57. The number of carbonyl (C=O) groups is 2. The Kier molecular flexibility index (Phi) is 11.7. The van der Waals surface area contributed by atoms with Crippen molar-refractivity contribution in [3.05, 3.63) is 11.6 Å². The number of carboxylic acid groups (broad SMARTS) is 2. The Labute approximate surface area is 161 Å². The van der Waals surface area contributed by atoms with E-state index in [1.165, 1.54) is 49.4 Å². The zero-order chi connectivity index (χ0) is 19.4. The molecule has 0 radical (unpaired) electrons. The van der Waals surface area contributed by atoms with Crippen LogP contribution in [0.4, 0.5) is 0 Å². The topological polar surface area (TPSA) is 94.8 Å². The molecule has 0 aromatic heterocycles. The molecule has 1 rings (SSSR count). The fraction of sp³-hybridized carbons (Fsp3) is 0.800. The molecule has 1 fully saturated rings. The number of thioether (sulfide) groups is 1. The van der Waals surface area contributed by atoms with Gasteiger partial charge in [-0.15, -0.1) is 0 Å². The number of carboxylic acids is 2. The van der Waals surface area contributed by atoms with Crippen LogP contribution < -0.4 is 0 Å². The fourth-order valence-corrected chi connectivity index (χ4v) is 4.88. The van der Waals surface area contributed by atoms with Gasteiger partial charge in [-0.05, 0) is 31.6 Å². The molecule has 0 amide bonds. The lowest BCUT2D eigenvalue weighted by Crippen LogP contribution is -2.38. The summed E-state index contributed by atoms with van der Waals surface area (Å²) in [7, 11) is 0. The van der Waals surface area contributed by atoms with Crippen molar-refractivity contribution in [2.24, 2.45) is 5.92 Å². The van der Waals surface area contributed by atoms with Crippen molar-refractivity contribution < 1.29 is 24.9 Å². The van der Waals surface area contributed by atoms with E-state index < -0.39 is 18.0 Å². The molecule has 150 valence electrons. The van der Waals surface area contributed by atoms with E-state index in [0.29, 0.717) is 12.2 Å². The van der Waals surface area contributed by atoms with Crippen LogP contribution in [0.25, 0.3) is 0 Å². The summed E-state index contributed by atoms with van der Waals surface area (Å²) in [6.45, 7) is 2.21. The number of rotatable bonds is 13. The first-order valence-corrected chi connectivity index (χ1v) is 10.9. The first kappa shape index (κ1) is 23.0. The smallest absolute Gasteiger partial charge is 0.304 e. The van der Waals surface area contributed by atoms with Gasteiger partial charge < -0.3 is 15.3 Å². The van der Waals surface area contributed by atoms with Crippen LogP contribution in [0.5, 0.6) is 0 Å². The van der Waals surface area contributed by atoms with Crippen molar-refractivity contribution in [3.8, 4) is 0 Å². The van der Waals surface area contributed by atoms with E-state index in [1.54, 1.807) is 0 Å². The second-order valence-electron chi connectivity index (χ2n) is 7.16. The monoisotopic (exact) mass is 386 g/mol. The average molecular weight is 387 g/mol. The van der Waals surface area contributed by atoms with Gasteiger partial charge in [-0.2, -0.15) is 11.8 Å². The minimum atomic E-state index is -0.886. The molecule has 0 saturated heterocycles. The first-order valence-electron chi connectivity index (χ1n) is 9.87. The molecule has 0 heterocycles. The Bertz CT molecular complexity index is 463. The molecule has 0 spiro atoms. The van der Waals surface area contributed by atoms with Crippen LogP contribution in [-0.2, 0) is 9.59 Å². The molecule has 3 N–H and O–H groups in total. The van der Waals surface area contributed by atoms with Crippen molar-refractivity contribution in [1.82, 2.24) is 0 Å². The fourth-order valence-electron chi connectivity index (χ4n) is 3.49. The second kappa shape index (κ2) is 13.2. The van der Waals surface area contributed by atoms with E-state index >= 15 is 0 Å². The zero-order valence-corrected chi connectivity index (χ0v) is 16.7. The minimum Gasteiger partial charge on any atom is -0.481 e. The number of hydrogen-bond acceptors (Lipinski definition) is 4. The number of hydrogen-bond donors (Lipinski definition) is 3. The Hall–Kier alpha value is -1.01. The molecule has 0 aromatic rings. The molecule has 1 aliphatic carbocycles. The zero-order valence-electron chi connectivity index (χ0n) is 15.9. The molecule has 3 atom stereocenters. The molecule has 0 aromatic carbocycles. The quantitative estimate of drug-likeness (QED) is 0.319. The molecule has 0 aliphatic heterocycles. The number of allylic oxidation sites excluding steroid dienone is 1. The third-order valence-corrected chi connectivity index (χ3v) is 6.36. The molecule has 5 nitrogen and oxygen atoms in total. The lowest BCUT2D eigenvalue weighted by molar-refractivity contribution is -0.139. The number of unbranched alkanes of at least 4 members (excludes halogenated alkanes) is 6. The lowest BCUT2D eigenvalue weighted by Gasteiger charge is -2.36. The van der Waals surface area contributed by atoms with Crippen LogP contribution in [0.15, 0.2) is 11.6 Å². The van der Waals surface area contributed by atoms with Crippen LogP contribution in [-0.4, -0.2) is 44.4 Å². The van der Waals surface area contributed by atoms with E-state index in [9.17, 15) is 14.7 Å². The highest BCUT2D eigenvalue weighted by molar-refractivity contribution is 8.00. The number of aliphatic hydroxyl groups is 1. The summed E-state index contributed by atoms with van der Waals surface area (Å²) in [5, 5.41) is 28.3. The van der Waals surface area contributed by atoms with Gasteiger partial charge in [-0.25, -0.2) is 0 Å². The summed E-state index contributed by atoms with van der Waals surface area (Å²) in [6, 6.07) is 0. The molecule has 0 unspecified atom stereocenters. The van der Waals surface area contributed by atoms with E-state index in [1.807, 2.05) is 0 Å². The van der Waals surface area contributed by atoms with Crippen molar-refractivity contribution >= 4 is 23.7 Å². The van der Waals surface area contributed by atoms with E-state index in [-0.39, 0.29) is 24.0 Å². The highest BCUT2D eigenvalue weighted by Gasteiger charge is 2.36. The molecule has 1 aliphatic rings. The largest absolute Gasteiger partial charge is 0.481 e. The maximum Gasteiger partial charge on any atom is 0.304 e. The Morgan fingerprint density at radius 1 is 1.12 bits per heavy atom. The summed E-state index contributed by atoms with van der Waals surface area (Å²) in [5.41, 5.74) is 1.17. The van der Waals surface area contributed by atoms with Crippen LogP contribution in [0, 0.1) is 5.92 Å². The minimum absolute atomic E-state index is 0.0259. The van der Waals surface area contributed by atoms with Crippen LogP contribution in [0.2, 0.25) is 0 Å². The van der Waals surface area contributed by atoms with Gasteiger partial charge in [-0.3, -0.25) is 9.59 Å². The molecular weight excluding hydrogens is 352 g/mol. The number of aliphatic hydroxyl groups excluding tert-OH is 1. The average Bonchev–Trinajstić information content (AvgIpc) is 2.58. The third-order valence-electron chi connectivity index (χ3n) is 4.98. The standard InChI is InChI=1S/C20H34O5S/c1-2-3-4-5-6-7-8-9-15-10-11-16(14-18(23)24)19(25)20(15)26-13-12-17(21)22/h9,16,19-20,25H,2-8,10-14H2,1H3,(H,21,22)(H,23,24)/b15-9+/t16-,19-,20-/m1/s1. The second-order valence-corrected chi connectivity index (χ2v) is 8.41. The summed E-state index contributed by atoms with van der Waals surface area (Å²) < 4.78 is 0. The predicted octanol–water partition coefficient (Wildman–Crippen LogP) is 4.49. The molecule has 26 heavy (non-hydrogen) atoms. The van der Waals surface area contributed by atoms with Gasteiger partial charge in [0.25, 0.3) is 0 Å². The summed E-state index contributed by atoms with van der Waals surface area (Å²) >= 11 is 1.46. The molecular formula is C20H34O5S. The summed E-state index contributed by atoms with van der Waals surface area (Å²) in [6.07, 6.45) is 11.4. The molecule has 1 saturated carbocycles. The van der Waals surface area contributed by atoms with Crippen molar-refractivity contribution in [2.75, 3.05) is 5.75 Å². The van der Waals surface area contributed by atoms with E-state index in [4.69, 9.17) is 10.2 Å². The van der Waals surface area contributed by atoms with Gasteiger partial charge in [0.2, 0.25) is 0 Å². The Morgan fingerprint density at radius 2 is 1.81 bits per heavy atom. The van der Waals surface area contributed by atoms with E-state index in [0.717, 1.165) is 19.3 Å². The normalized spacial score (nSPS) is 24.7. The Morgan fingerprint density at radius 3 is 2.46 bits per heavy atom. The van der Waals surface area contributed by atoms with Crippen molar-refractivity contribution in [1.29, 1.82) is 0 Å². The highest BCUT2D eigenvalue weighted by Crippen LogP contribution is 2.38. The van der Waals surface area contributed by atoms with Gasteiger partial charge in [0.05, 0.1) is 24.2 Å². The van der Waals surface area contributed by atoms with Gasteiger partial charge in [0, 0.05) is 5.75 Å². The van der Waals surface area contributed by atoms with E-state index in [2.05, 4.69) is 13.0 Å². The number of aliphatic carboxylic acids is 2. The van der Waals surface area contributed by atoms with Crippen LogP contribution in [0.3, 0.4) is 0 Å². The maximum atomic E-state index is 11.0. The van der Waals surface area contributed by atoms with Gasteiger partial charge >= 0.3 is 11.9 Å². The SMILES string of the molecule is CCCCCCCC/C=C1\CC[C@H](CC(=O)O)[C@@H](O)[C@@H]1SCCC(=O)O. The lowest BCUT2D eigenvalue weighted by atomic mass is 9.80. The van der Waals surface area contributed by atoms with Gasteiger partial charge in [0.15, 0.2) is 0 Å². The van der Waals surface area contributed by atoms with Crippen LogP contribution >= 0.6 is 11.8 Å². The summed E-state index contributed by atoms with van der Waals surface area (Å²) in [4.78, 5) is 21.8. The summed E-state index contributed by atoms with van der Waals surface area (Å²) in [5.74, 6) is -1.54. The van der Waals surface area contributed by atoms with Crippen molar-refractivity contribution in [2.45, 2.75) is 88.9 Å². The van der Waals surface area contributed by atoms with Crippen LogP contribution in [0.1, 0.15) is 77.6 Å². The molecule has 6 heteroatoms. The molecule has 0 bridgehead atoms. The maximum absolute atomic E-state index is 11.0. The third kappa shape index (κ3) is 9.08. The van der Waals surface area contributed by atoms with Gasteiger partial charge in [0.1, 0.15) is 0 Å². The predicted molar refractivity (Wildman–Crippen MR) is 106 cm³/mol. The van der Waals surface area contributed by atoms with Crippen molar-refractivity contribution in [3.63, 3.8) is 0 Å². The first-order chi connectivity index (χ1) is 12.5. The van der Waals surface area contributed by atoms with Gasteiger partial charge in [-0.1, -0.05) is 50.7 Å².